The van der Waals surface area contributed by atoms with Crippen LogP contribution in [0.15, 0.2) is 0 Å². The van der Waals surface area contributed by atoms with Gasteiger partial charge >= 0.3 is 12.0 Å². The normalized spacial score (nSPS) is 24.4. The number of carboxylic acid groups (broad SMARTS) is 1. The van der Waals surface area contributed by atoms with Crippen molar-refractivity contribution < 1.29 is 14.7 Å². The summed E-state index contributed by atoms with van der Waals surface area (Å²) < 4.78 is 0. The van der Waals surface area contributed by atoms with E-state index in [1.54, 1.807) is 11.9 Å². The van der Waals surface area contributed by atoms with Crippen LogP contribution in [0.1, 0.15) is 32.1 Å². The molecule has 1 aliphatic carbocycles. The molecule has 2 fully saturated rings. The van der Waals surface area contributed by atoms with E-state index in [9.17, 15) is 9.59 Å². The number of nitrogens with zero attached hydrogens (tertiary/aromatic N) is 2. The van der Waals surface area contributed by atoms with E-state index in [1.807, 2.05) is 0 Å². The first-order valence-electron chi connectivity index (χ1n) is 7.41. The summed E-state index contributed by atoms with van der Waals surface area (Å²) in [5.41, 5.74) is 0. The average molecular weight is 283 g/mol. The maximum Gasteiger partial charge on any atom is 0.317 e. The Labute approximate surface area is 120 Å². The summed E-state index contributed by atoms with van der Waals surface area (Å²) in [4.78, 5) is 27.0. The fourth-order valence-electron chi connectivity index (χ4n) is 2.90. The van der Waals surface area contributed by atoms with Gasteiger partial charge in [-0.1, -0.05) is 0 Å². The van der Waals surface area contributed by atoms with E-state index in [0.717, 1.165) is 25.8 Å². The molecule has 2 rings (SSSR count). The molecule has 0 radical (unpaired) electrons. The van der Waals surface area contributed by atoms with Crippen molar-refractivity contribution in [2.75, 3.05) is 27.2 Å². The average Bonchev–Trinajstić information content (AvgIpc) is 3.14. The van der Waals surface area contributed by atoms with E-state index in [2.05, 4.69) is 17.3 Å². The number of urea groups is 1. The quantitative estimate of drug-likeness (QED) is 0.762. The largest absolute Gasteiger partial charge is 0.481 e. The van der Waals surface area contributed by atoms with Crippen molar-refractivity contribution in [3.63, 3.8) is 0 Å². The monoisotopic (exact) mass is 283 g/mol. The molecule has 0 spiro atoms. The first kappa shape index (κ1) is 15.1. The number of hydrogen-bond donors (Lipinski definition) is 2. The van der Waals surface area contributed by atoms with Crippen LogP contribution in [0.2, 0.25) is 0 Å². The summed E-state index contributed by atoms with van der Waals surface area (Å²) in [6.07, 6.45) is 4.36. The Bertz CT molecular complexity index is 371. The molecule has 2 unspecified atom stereocenters. The molecule has 0 bridgehead atoms. The van der Waals surface area contributed by atoms with Crippen molar-refractivity contribution in [1.29, 1.82) is 0 Å². The Morgan fingerprint density at radius 3 is 2.60 bits per heavy atom. The zero-order chi connectivity index (χ0) is 14.7. The van der Waals surface area contributed by atoms with Crippen LogP contribution in [0.25, 0.3) is 0 Å². The van der Waals surface area contributed by atoms with Gasteiger partial charge in [0.2, 0.25) is 0 Å². The highest BCUT2D eigenvalue weighted by atomic mass is 16.4. The molecule has 2 N–H and O–H groups in total. The smallest absolute Gasteiger partial charge is 0.317 e. The topological polar surface area (TPSA) is 72.9 Å². The molecule has 6 heteroatoms. The zero-order valence-electron chi connectivity index (χ0n) is 12.3. The van der Waals surface area contributed by atoms with E-state index in [-0.39, 0.29) is 18.5 Å². The highest BCUT2D eigenvalue weighted by Gasteiger charge is 2.34. The van der Waals surface area contributed by atoms with Crippen LogP contribution in [0.3, 0.4) is 0 Å². The fourth-order valence-corrected chi connectivity index (χ4v) is 2.90. The van der Waals surface area contributed by atoms with Gasteiger partial charge in [-0.2, -0.15) is 0 Å². The Hall–Kier alpha value is -1.30. The summed E-state index contributed by atoms with van der Waals surface area (Å²) in [6, 6.07) is 0.0526. The molecular weight excluding hydrogens is 258 g/mol. The van der Waals surface area contributed by atoms with Crippen molar-refractivity contribution in [1.82, 2.24) is 15.1 Å². The van der Waals surface area contributed by atoms with Gasteiger partial charge in [-0.15, -0.1) is 0 Å². The SMILES string of the molecule is CN(CC1CCCN1C)C(=O)NC(CC(=O)O)C1CC1. The number of carbonyl (C=O) groups is 2. The molecule has 2 atom stereocenters. The number of hydrogen-bond acceptors (Lipinski definition) is 3. The number of amides is 2. The Morgan fingerprint density at radius 1 is 1.40 bits per heavy atom. The summed E-state index contributed by atoms with van der Waals surface area (Å²) >= 11 is 0. The maximum atomic E-state index is 12.2. The standard InChI is InChI=1S/C14H25N3O3/c1-16-7-3-4-11(16)9-17(2)14(20)15-12(8-13(18)19)10-5-6-10/h10-12H,3-9H2,1-2H3,(H,15,20)(H,18,19). The molecule has 20 heavy (non-hydrogen) atoms. The van der Waals surface area contributed by atoms with E-state index in [4.69, 9.17) is 5.11 Å². The molecule has 6 nitrogen and oxygen atoms in total. The van der Waals surface area contributed by atoms with Crippen LogP contribution >= 0.6 is 0 Å². The molecule has 0 aromatic rings. The van der Waals surface area contributed by atoms with Gasteiger partial charge in [-0.05, 0) is 45.2 Å². The molecule has 0 aromatic heterocycles. The lowest BCUT2D eigenvalue weighted by molar-refractivity contribution is -0.137. The predicted octanol–water partition coefficient (Wildman–Crippen LogP) is 0.975. The van der Waals surface area contributed by atoms with Crippen molar-refractivity contribution in [3.05, 3.63) is 0 Å². The second-order valence-electron chi connectivity index (χ2n) is 6.15. The third-order valence-electron chi connectivity index (χ3n) is 4.40. The summed E-state index contributed by atoms with van der Waals surface area (Å²) in [7, 11) is 3.87. The minimum Gasteiger partial charge on any atom is -0.481 e. The number of likely N-dealkylation sites (tertiary alicyclic amines) is 1. The van der Waals surface area contributed by atoms with Gasteiger partial charge in [0, 0.05) is 25.7 Å². The Balaban J connectivity index is 1.81. The van der Waals surface area contributed by atoms with Gasteiger partial charge < -0.3 is 20.2 Å². The van der Waals surface area contributed by atoms with Crippen LogP contribution in [-0.2, 0) is 4.79 Å². The lowest BCUT2D eigenvalue weighted by Gasteiger charge is -2.27. The number of likely N-dealkylation sites (N-methyl/N-ethyl adjacent to an activating group) is 2. The number of carbonyl (C=O) groups excluding carboxylic acids is 1. The Kier molecular flexibility index (Phi) is 4.86. The highest BCUT2D eigenvalue weighted by Crippen LogP contribution is 2.34. The van der Waals surface area contributed by atoms with Crippen molar-refractivity contribution in [2.24, 2.45) is 5.92 Å². The van der Waals surface area contributed by atoms with E-state index >= 15 is 0 Å². The third kappa shape index (κ3) is 4.10. The molecule has 2 amide bonds. The molecule has 1 aliphatic heterocycles. The molecular formula is C14H25N3O3. The lowest BCUT2D eigenvalue weighted by Crippen LogP contribution is -2.48. The van der Waals surface area contributed by atoms with Gasteiger partial charge in [-0.25, -0.2) is 4.79 Å². The van der Waals surface area contributed by atoms with Crippen LogP contribution in [0, 0.1) is 5.92 Å². The molecule has 1 saturated carbocycles. The van der Waals surface area contributed by atoms with E-state index in [1.165, 1.54) is 6.42 Å². The van der Waals surface area contributed by atoms with Gasteiger partial charge in [0.15, 0.2) is 0 Å². The Morgan fingerprint density at radius 2 is 2.10 bits per heavy atom. The highest BCUT2D eigenvalue weighted by molar-refractivity contribution is 5.75. The first-order valence-corrected chi connectivity index (χ1v) is 7.41. The maximum absolute atomic E-state index is 12.2. The molecule has 1 heterocycles. The first-order chi connectivity index (χ1) is 9.47. The van der Waals surface area contributed by atoms with Gasteiger partial charge in [0.25, 0.3) is 0 Å². The van der Waals surface area contributed by atoms with Crippen LogP contribution < -0.4 is 5.32 Å². The summed E-state index contributed by atoms with van der Waals surface area (Å²) in [5.74, 6) is -0.502. The van der Waals surface area contributed by atoms with Crippen molar-refractivity contribution in [2.45, 2.75) is 44.2 Å². The van der Waals surface area contributed by atoms with Crippen molar-refractivity contribution >= 4 is 12.0 Å². The van der Waals surface area contributed by atoms with Crippen LogP contribution in [0.4, 0.5) is 4.79 Å². The molecule has 2 aliphatic rings. The summed E-state index contributed by atoms with van der Waals surface area (Å²) in [5, 5.41) is 11.8. The third-order valence-corrected chi connectivity index (χ3v) is 4.40. The second-order valence-corrected chi connectivity index (χ2v) is 6.15. The lowest BCUT2D eigenvalue weighted by atomic mass is 10.1. The summed E-state index contributed by atoms with van der Waals surface area (Å²) in [6.45, 7) is 1.79. The van der Waals surface area contributed by atoms with E-state index < -0.39 is 5.97 Å². The zero-order valence-corrected chi connectivity index (χ0v) is 12.3. The minimum absolute atomic E-state index is 0.0214. The molecule has 1 saturated heterocycles. The van der Waals surface area contributed by atoms with E-state index in [0.29, 0.717) is 18.5 Å². The fraction of sp³-hybridized carbons (Fsp3) is 0.857. The van der Waals surface area contributed by atoms with Crippen LogP contribution in [0.5, 0.6) is 0 Å². The van der Waals surface area contributed by atoms with Crippen LogP contribution in [-0.4, -0.2) is 66.2 Å². The van der Waals surface area contributed by atoms with Gasteiger partial charge in [0.05, 0.1) is 6.42 Å². The number of carboxylic acids is 1. The number of nitrogens with one attached hydrogen (secondary N) is 1. The minimum atomic E-state index is -0.847. The number of aliphatic carboxylic acids is 1. The second kappa shape index (κ2) is 6.43. The van der Waals surface area contributed by atoms with Crippen molar-refractivity contribution in [3.8, 4) is 0 Å². The molecule has 114 valence electrons. The predicted molar refractivity (Wildman–Crippen MR) is 75.6 cm³/mol. The van der Waals surface area contributed by atoms with Gasteiger partial charge in [0.1, 0.15) is 0 Å². The molecule has 0 aromatic carbocycles. The number of rotatable bonds is 6. The van der Waals surface area contributed by atoms with Gasteiger partial charge in [-0.3, -0.25) is 4.79 Å².